The molecule has 0 radical (unpaired) electrons. The Morgan fingerprint density at radius 1 is 1.38 bits per heavy atom. The van der Waals surface area contributed by atoms with Crippen molar-refractivity contribution >= 4 is 22.9 Å². The normalized spacial score (nSPS) is 14.5. The number of anilines is 1. The maximum Gasteiger partial charge on any atom is 0.238 e. The van der Waals surface area contributed by atoms with Gasteiger partial charge >= 0.3 is 0 Å². The van der Waals surface area contributed by atoms with Crippen molar-refractivity contribution in [2.75, 3.05) is 25.5 Å². The Kier molecular flexibility index (Phi) is 4.22. The Labute approximate surface area is 128 Å². The van der Waals surface area contributed by atoms with E-state index in [9.17, 15) is 4.79 Å². The van der Waals surface area contributed by atoms with Gasteiger partial charge in [0.2, 0.25) is 5.91 Å². The first-order valence-corrected chi connectivity index (χ1v) is 7.84. The summed E-state index contributed by atoms with van der Waals surface area (Å²) < 4.78 is 5.25. The number of carbonyl (C=O) groups is 1. The van der Waals surface area contributed by atoms with Crippen LogP contribution in [0.4, 0.5) is 5.69 Å². The van der Waals surface area contributed by atoms with Crippen molar-refractivity contribution in [1.29, 1.82) is 0 Å². The third-order valence-corrected chi connectivity index (χ3v) is 4.66. The minimum Gasteiger partial charge on any atom is -0.495 e. The predicted octanol–water partition coefficient (Wildman–Crippen LogP) is 2.75. The number of hydrogen-bond acceptors (Lipinski definition) is 4. The number of nitrogens with zero attached hydrogens (tertiary/aromatic N) is 1. The first kappa shape index (κ1) is 14.1. The van der Waals surface area contributed by atoms with E-state index in [4.69, 9.17) is 4.74 Å². The van der Waals surface area contributed by atoms with Crippen molar-refractivity contribution in [3.05, 3.63) is 46.2 Å². The second kappa shape index (κ2) is 6.28. The van der Waals surface area contributed by atoms with Gasteiger partial charge in [-0.1, -0.05) is 12.1 Å². The molecule has 3 rings (SSSR count). The molecule has 1 aromatic carbocycles. The zero-order valence-corrected chi connectivity index (χ0v) is 12.8. The molecule has 21 heavy (non-hydrogen) atoms. The Morgan fingerprint density at radius 3 is 3.10 bits per heavy atom. The molecule has 1 aliphatic heterocycles. The number of nitrogens with one attached hydrogen (secondary N) is 1. The Hall–Kier alpha value is -1.85. The SMILES string of the molecule is COc1ccccc1NC(=O)CN1CCc2sccc2C1. The summed E-state index contributed by atoms with van der Waals surface area (Å²) in [5, 5.41) is 5.05. The molecular formula is C16H18N2O2S. The maximum absolute atomic E-state index is 12.2. The van der Waals surface area contributed by atoms with E-state index in [1.54, 1.807) is 7.11 Å². The lowest BCUT2D eigenvalue weighted by Crippen LogP contribution is -2.36. The number of fused-ring (bicyclic) bond motifs is 1. The summed E-state index contributed by atoms with van der Waals surface area (Å²) in [5.41, 5.74) is 2.08. The monoisotopic (exact) mass is 302 g/mol. The molecule has 110 valence electrons. The highest BCUT2D eigenvalue weighted by atomic mass is 32.1. The number of methoxy groups -OCH3 is 1. The van der Waals surface area contributed by atoms with E-state index in [-0.39, 0.29) is 5.91 Å². The number of para-hydroxylation sites is 2. The summed E-state index contributed by atoms with van der Waals surface area (Å²) in [6, 6.07) is 9.62. The van der Waals surface area contributed by atoms with Crippen molar-refractivity contribution in [1.82, 2.24) is 4.90 Å². The van der Waals surface area contributed by atoms with Crippen molar-refractivity contribution in [2.24, 2.45) is 0 Å². The molecule has 0 fully saturated rings. The fourth-order valence-electron chi connectivity index (χ4n) is 2.58. The van der Waals surface area contributed by atoms with E-state index >= 15 is 0 Å². The zero-order chi connectivity index (χ0) is 14.7. The predicted molar refractivity (Wildman–Crippen MR) is 84.9 cm³/mol. The summed E-state index contributed by atoms with van der Waals surface area (Å²) in [6.07, 6.45) is 1.04. The van der Waals surface area contributed by atoms with E-state index in [0.717, 1.165) is 25.2 Å². The van der Waals surface area contributed by atoms with Crippen LogP contribution >= 0.6 is 11.3 Å². The first-order chi connectivity index (χ1) is 10.3. The molecule has 5 heteroatoms. The van der Waals surface area contributed by atoms with Crippen LogP contribution in [0.1, 0.15) is 10.4 Å². The van der Waals surface area contributed by atoms with Crippen LogP contribution < -0.4 is 10.1 Å². The van der Waals surface area contributed by atoms with Crippen LogP contribution in [0.15, 0.2) is 35.7 Å². The van der Waals surface area contributed by atoms with Crippen LogP contribution in [-0.4, -0.2) is 31.0 Å². The molecule has 2 aromatic rings. The lowest BCUT2D eigenvalue weighted by atomic mass is 10.1. The van der Waals surface area contributed by atoms with Gasteiger partial charge in [-0.25, -0.2) is 0 Å². The highest BCUT2D eigenvalue weighted by Gasteiger charge is 2.19. The molecule has 0 bridgehead atoms. The van der Waals surface area contributed by atoms with Gasteiger partial charge in [0.05, 0.1) is 19.3 Å². The summed E-state index contributed by atoms with van der Waals surface area (Å²) >= 11 is 1.81. The standard InChI is InChI=1S/C16H18N2O2S/c1-20-14-5-3-2-4-13(14)17-16(19)11-18-8-6-15-12(10-18)7-9-21-15/h2-5,7,9H,6,8,10-11H2,1H3,(H,17,19). The molecule has 1 aromatic heterocycles. The number of thiophene rings is 1. The second-order valence-electron chi connectivity index (χ2n) is 5.08. The number of hydrogen-bond donors (Lipinski definition) is 1. The quantitative estimate of drug-likeness (QED) is 0.944. The highest BCUT2D eigenvalue weighted by Crippen LogP contribution is 2.25. The van der Waals surface area contributed by atoms with Gasteiger partial charge in [0.15, 0.2) is 0 Å². The minimum absolute atomic E-state index is 0.00169. The largest absolute Gasteiger partial charge is 0.495 e. The van der Waals surface area contributed by atoms with Gasteiger partial charge < -0.3 is 10.1 Å². The molecule has 0 spiro atoms. The average molecular weight is 302 g/mol. The van der Waals surface area contributed by atoms with Crippen molar-refractivity contribution in [3.63, 3.8) is 0 Å². The van der Waals surface area contributed by atoms with E-state index in [0.29, 0.717) is 12.3 Å². The number of rotatable bonds is 4. The van der Waals surface area contributed by atoms with Crippen molar-refractivity contribution in [2.45, 2.75) is 13.0 Å². The molecule has 2 heterocycles. The van der Waals surface area contributed by atoms with E-state index in [2.05, 4.69) is 21.7 Å². The number of ether oxygens (including phenoxy) is 1. The number of amides is 1. The number of carbonyl (C=O) groups excluding carboxylic acids is 1. The van der Waals surface area contributed by atoms with Gasteiger partial charge in [0.25, 0.3) is 0 Å². The van der Waals surface area contributed by atoms with Gasteiger partial charge in [0.1, 0.15) is 5.75 Å². The van der Waals surface area contributed by atoms with E-state index in [1.165, 1.54) is 10.4 Å². The molecule has 0 saturated heterocycles. The Bertz CT molecular complexity index is 639. The van der Waals surface area contributed by atoms with Crippen molar-refractivity contribution in [3.8, 4) is 5.75 Å². The maximum atomic E-state index is 12.2. The van der Waals surface area contributed by atoms with Gasteiger partial charge in [0, 0.05) is 18.0 Å². The topological polar surface area (TPSA) is 41.6 Å². The highest BCUT2D eigenvalue weighted by molar-refractivity contribution is 7.10. The van der Waals surface area contributed by atoms with E-state index < -0.39 is 0 Å². The molecular weight excluding hydrogens is 284 g/mol. The smallest absolute Gasteiger partial charge is 0.238 e. The van der Waals surface area contributed by atoms with Crippen LogP contribution in [0.5, 0.6) is 5.75 Å². The summed E-state index contributed by atoms with van der Waals surface area (Å²) in [5.74, 6) is 0.683. The molecule has 1 amide bonds. The van der Waals surface area contributed by atoms with Crippen LogP contribution in [0.2, 0.25) is 0 Å². The third kappa shape index (κ3) is 3.25. The fourth-order valence-corrected chi connectivity index (χ4v) is 3.47. The molecule has 4 nitrogen and oxygen atoms in total. The molecule has 0 unspecified atom stereocenters. The van der Waals surface area contributed by atoms with Gasteiger partial charge in [-0.2, -0.15) is 0 Å². The summed E-state index contributed by atoms with van der Waals surface area (Å²) in [4.78, 5) is 15.8. The lowest BCUT2D eigenvalue weighted by Gasteiger charge is -2.26. The number of benzene rings is 1. The summed E-state index contributed by atoms with van der Waals surface area (Å²) in [7, 11) is 1.60. The minimum atomic E-state index is -0.00169. The van der Waals surface area contributed by atoms with Gasteiger partial charge in [-0.05, 0) is 35.6 Å². The second-order valence-corrected chi connectivity index (χ2v) is 6.08. The lowest BCUT2D eigenvalue weighted by molar-refractivity contribution is -0.117. The average Bonchev–Trinajstić information content (AvgIpc) is 2.95. The van der Waals surface area contributed by atoms with Gasteiger partial charge in [-0.3, -0.25) is 9.69 Å². The molecule has 0 atom stereocenters. The third-order valence-electron chi connectivity index (χ3n) is 3.64. The Morgan fingerprint density at radius 2 is 2.24 bits per heavy atom. The summed E-state index contributed by atoms with van der Waals surface area (Å²) in [6.45, 7) is 2.21. The van der Waals surface area contributed by atoms with Crippen LogP contribution in [0.3, 0.4) is 0 Å². The van der Waals surface area contributed by atoms with Crippen LogP contribution in [0, 0.1) is 0 Å². The van der Waals surface area contributed by atoms with Crippen LogP contribution in [-0.2, 0) is 17.8 Å². The zero-order valence-electron chi connectivity index (χ0n) is 12.0. The molecule has 1 aliphatic rings. The van der Waals surface area contributed by atoms with Crippen molar-refractivity contribution < 1.29 is 9.53 Å². The first-order valence-electron chi connectivity index (χ1n) is 6.97. The molecule has 1 N–H and O–H groups in total. The molecule has 0 saturated carbocycles. The van der Waals surface area contributed by atoms with Gasteiger partial charge in [-0.15, -0.1) is 11.3 Å². The Balaban J connectivity index is 1.60. The fraction of sp³-hybridized carbons (Fsp3) is 0.312. The molecule has 0 aliphatic carbocycles. The van der Waals surface area contributed by atoms with E-state index in [1.807, 2.05) is 35.6 Å². The van der Waals surface area contributed by atoms with Crippen LogP contribution in [0.25, 0.3) is 0 Å².